The van der Waals surface area contributed by atoms with Crippen molar-refractivity contribution >= 4 is 39.2 Å². The van der Waals surface area contributed by atoms with E-state index >= 15 is 0 Å². The van der Waals surface area contributed by atoms with Crippen LogP contribution in [-0.4, -0.2) is 44.4 Å². The van der Waals surface area contributed by atoms with Gasteiger partial charge in [-0.05, 0) is 56.5 Å². The Kier molecular flexibility index (Phi) is 4.08. The molecule has 1 atom stereocenters. The third kappa shape index (κ3) is 3.25. The first-order valence-corrected chi connectivity index (χ1v) is 11.2. The molecule has 1 aromatic carbocycles. The minimum Gasteiger partial charge on any atom is -0.367 e. The highest BCUT2D eigenvalue weighted by Crippen LogP contribution is 2.40. The minimum atomic E-state index is 0.293. The summed E-state index contributed by atoms with van der Waals surface area (Å²) in [5.74, 6) is 0. The zero-order chi connectivity index (χ0) is 21.3. The molecule has 0 radical (unpaired) electrons. The highest BCUT2D eigenvalue weighted by Gasteiger charge is 2.47. The van der Waals surface area contributed by atoms with Crippen LogP contribution in [0.4, 0.5) is 5.69 Å². The molecule has 0 unspecified atom stereocenters. The van der Waals surface area contributed by atoms with Crippen molar-refractivity contribution in [3.63, 3.8) is 0 Å². The monoisotopic (exact) mass is 432 g/mol. The number of rotatable bonds is 2. The van der Waals surface area contributed by atoms with Crippen molar-refractivity contribution in [1.29, 1.82) is 0 Å². The van der Waals surface area contributed by atoms with Crippen molar-refractivity contribution in [2.75, 3.05) is 18.0 Å². The van der Waals surface area contributed by atoms with Crippen LogP contribution in [0.2, 0.25) is 5.02 Å². The van der Waals surface area contributed by atoms with E-state index < -0.39 is 0 Å². The van der Waals surface area contributed by atoms with E-state index in [0.717, 1.165) is 51.9 Å². The van der Waals surface area contributed by atoms with Gasteiger partial charge in [0.15, 0.2) is 5.65 Å². The van der Waals surface area contributed by atoms with Crippen LogP contribution in [0.3, 0.4) is 0 Å². The number of nitrogens with zero attached hydrogens (tertiary/aromatic N) is 5. The minimum absolute atomic E-state index is 0.293. The molecule has 7 heteroatoms. The zero-order valence-corrected chi connectivity index (χ0v) is 18.7. The van der Waals surface area contributed by atoms with E-state index in [2.05, 4.69) is 47.4 Å². The fraction of sp³-hybridized carbons (Fsp3) is 0.375. The van der Waals surface area contributed by atoms with Crippen LogP contribution in [0.1, 0.15) is 25.3 Å². The van der Waals surface area contributed by atoms with Crippen molar-refractivity contribution in [2.24, 2.45) is 7.05 Å². The molecule has 4 heterocycles. The number of nitrogens with one attached hydrogen (secondary N) is 1. The van der Waals surface area contributed by atoms with Gasteiger partial charge in [0.1, 0.15) is 0 Å². The van der Waals surface area contributed by atoms with E-state index in [-0.39, 0.29) is 0 Å². The molecule has 1 spiro atoms. The fourth-order valence-electron chi connectivity index (χ4n) is 4.98. The van der Waals surface area contributed by atoms with Gasteiger partial charge in [0.25, 0.3) is 0 Å². The zero-order valence-electron chi connectivity index (χ0n) is 18.0. The summed E-state index contributed by atoms with van der Waals surface area (Å²) in [6.07, 6.45) is 6.47. The maximum Gasteiger partial charge on any atom is 0.161 e. The number of anilines is 1. The van der Waals surface area contributed by atoms with Gasteiger partial charge in [-0.15, -0.1) is 0 Å². The number of hydrogen-bond donors (Lipinski definition) is 1. The molecule has 0 amide bonds. The third-order valence-corrected chi connectivity index (χ3v) is 6.88. The molecule has 158 valence electrons. The van der Waals surface area contributed by atoms with E-state index in [1.54, 1.807) is 0 Å². The van der Waals surface area contributed by atoms with E-state index in [1.165, 1.54) is 12.8 Å². The number of benzene rings is 1. The van der Waals surface area contributed by atoms with Crippen molar-refractivity contribution in [3.8, 4) is 11.3 Å². The first-order valence-electron chi connectivity index (χ1n) is 10.8. The summed E-state index contributed by atoms with van der Waals surface area (Å²) in [4.78, 5) is 12.0. The van der Waals surface area contributed by atoms with Crippen LogP contribution in [-0.2, 0) is 7.05 Å². The Labute approximate surface area is 186 Å². The highest BCUT2D eigenvalue weighted by molar-refractivity contribution is 6.35. The summed E-state index contributed by atoms with van der Waals surface area (Å²) in [6, 6.07) is 8.80. The second kappa shape index (κ2) is 6.65. The average molecular weight is 433 g/mol. The van der Waals surface area contributed by atoms with Gasteiger partial charge in [0.2, 0.25) is 0 Å². The summed E-state index contributed by atoms with van der Waals surface area (Å²) in [7, 11) is 1.94. The van der Waals surface area contributed by atoms with Gasteiger partial charge >= 0.3 is 0 Å². The maximum absolute atomic E-state index is 6.75. The Morgan fingerprint density at radius 2 is 2.03 bits per heavy atom. The first kappa shape index (κ1) is 19.0. The van der Waals surface area contributed by atoms with Gasteiger partial charge in [-0.3, -0.25) is 4.68 Å². The smallest absolute Gasteiger partial charge is 0.161 e. The van der Waals surface area contributed by atoms with Gasteiger partial charge in [-0.1, -0.05) is 11.6 Å². The van der Waals surface area contributed by atoms with Crippen LogP contribution in [0.15, 0.2) is 36.7 Å². The lowest BCUT2D eigenvalue weighted by molar-refractivity contribution is 0.372. The molecule has 1 aliphatic heterocycles. The lowest BCUT2D eigenvalue weighted by atomic mass is 10.0. The molecule has 1 saturated heterocycles. The molecule has 0 bridgehead atoms. The summed E-state index contributed by atoms with van der Waals surface area (Å²) in [5.41, 5.74) is 6.09. The second-order valence-electron chi connectivity index (χ2n) is 9.29. The summed E-state index contributed by atoms with van der Waals surface area (Å²) >= 11 is 6.75. The molecule has 1 aliphatic carbocycles. The van der Waals surface area contributed by atoms with Gasteiger partial charge in [-0.25, -0.2) is 9.97 Å². The second-order valence-corrected chi connectivity index (χ2v) is 9.70. The largest absolute Gasteiger partial charge is 0.367 e. The van der Waals surface area contributed by atoms with Crippen molar-refractivity contribution in [3.05, 3.63) is 47.2 Å². The van der Waals surface area contributed by atoms with Crippen LogP contribution < -0.4 is 10.2 Å². The van der Waals surface area contributed by atoms with Crippen molar-refractivity contribution in [2.45, 2.75) is 38.3 Å². The average Bonchev–Trinajstić information content (AvgIpc) is 3.34. The molecule has 2 aliphatic rings. The predicted molar refractivity (Wildman–Crippen MR) is 126 cm³/mol. The number of aromatic nitrogens is 4. The normalized spacial score (nSPS) is 20.1. The number of aryl methyl sites for hydroxylation is 2. The number of pyridine rings is 2. The van der Waals surface area contributed by atoms with Crippen LogP contribution >= 0.6 is 11.6 Å². The fourth-order valence-corrected chi connectivity index (χ4v) is 5.22. The number of hydrogen-bond acceptors (Lipinski definition) is 5. The lowest BCUT2D eigenvalue weighted by Gasteiger charge is -2.39. The summed E-state index contributed by atoms with van der Waals surface area (Å²) in [6.45, 7) is 6.33. The Hall–Kier alpha value is -2.70. The van der Waals surface area contributed by atoms with E-state index in [4.69, 9.17) is 21.6 Å². The molecule has 2 fully saturated rings. The highest BCUT2D eigenvalue weighted by atomic mass is 35.5. The Morgan fingerprint density at radius 3 is 2.84 bits per heavy atom. The summed E-state index contributed by atoms with van der Waals surface area (Å²) in [5, 5.41) is 11.0. The Bertz CT molecular complexity index is 1340. The molecule has 1 saturated carbocycles. The molecule has 4 aromatic rings. The lowest BCUT2D eigenvalue weighted by Crippen LogP contribution is -2.57. The number of fused-ring (bicyclic) bond motifs is 2. The third-order valence-electron chi connectivity index (χ3n) is 6.57. The molecule has 3 aromatic heterocycles. The summed E-state index contributed by atoms with van der Waals surface area (Å²) < 4.78 is 1.84. The van der Waals surface area contributed by atoms with Gasteiger partial charge in [0.05, 0.1) is 28.1 Å². The Balaban J connectivity index is 1.40. The van der Waals surface area contributed by atoms with Gasteiger partial charge in [-0.2, -0.15) is 5.10 Å². The van der Waals surface area contributed by atoms with Crippen LogP contribution in [0.25, 0.3) is 33.2 Å². The van der Waals surface area contributed by atoms with E-state index in [0.29, 0.717) is 22.3 Å². The SMILES string of the molecule is Cc1cc(-c2cc(Cl)c3cc(N4C[C@@H](C)NC5(CC5)C4)cnc3n2)cc2cn(C)nc12. The molecular weight excluding hydrogens is 408 g/mol. The van der Waals surface area contributed by atoms with Crippen LogP contribution in [0, 0.1) is 6.92 Å². The maximum atomic E-state index is 6.75. The standard InChI is InChI=1S/C24H25ClN6/c1-14-6-16(7-17-12-30(3)29-22(14)17)21-9-20(25)19-8-18(10-26-23(19)27-21)31-11-15(2)28-24(13-31)4-5-24/h6-10,12,15,28H,4-5,11,13H2,1-3H3/t15-/m1/s1. The van der Waals surface area contributed by atoms with Gasteiger partial charge in [0, 0.05) is 54.3 Å². The van der Waals surface area contributed by atoms with E-state index in [9.17, 15) is 0 Å². The number of halogens is 1. The quantitative estimate of drug-likeness (QED) is 0.506. The number of piperazine rings is 1. The van der Waals surface area contributed by atoms with Crippen molar-refractivity contribution in [1.82, 2.24) is 25.1 Å². The van der Waals surface area contributed by atoms with E-state index in [1.807, 2.05) is 30.2 Å². The first-order chi connectivity index (χ1) is 14.9. The molecule has 31 heavy (non-hydrogen) atoms. The van der Waals surface area contributed by atoms with Gasteiger partial charge < -0.3 is 10.2 Å². The topological polar surface area (TPSA) is 58.9 Å². The Morgan fingerprint density at radius 1 is 1.19 bits per heavy atom. The molecular formula is C24H25ClN6. The van der Waals surface area contributed by atoms with Crippen molar-refractivity contribution < 1.29 is 0 Å². The molecule has 6 rings (SSSR count). The predicted octanol–water partition coefficient (Wildman–Crippen LogP) is 4.48. The molecule has 6 nitrogen and oxygen atoms in total. The van der Waals surface area contributed by atoms with Crippen LogP contribution in [0.5, 0.6) is 0 Å². The molecule has 1 N–H and O–H groups in total.